The van der Waals surface area contributed by atoms with E-state index in [2.05, 4.69) is 46.9 Å². The number of fused-ring (bicyclic) bond motifs is 7. The fourth-order valence-electron chi connectivity index (χ4n) is 10.2. The molecule has 238 valence electrons. The van der Waals surface area contributed by atoms with Crippen LogP contribution in [0.15, 0.2) is 25.0 Å². The van der Waals surface area contributed by atoms with Crippen LogP contribution in [0, 0.1) is 46.3 Å². The van der Waals surface area contributed by atoms with Crippen molar-refractivity contribution in [2.24, 2.45) is 52.1 Å². The van der Waals surface area contributed by atoms with Gasteiger partial charge in [-0.25, -0.2) is 4.79 Å². The highest BCUT2D eigenvalue weighted by atomic mass is 16.5. The van der Waals surface area contributed by atoms with Gasteiger partial charge in [-0.3, -0.25) is 0 Å². The van der Waals surface area contributed by atoms with Gasteiger partial charge in [0.25, 0.3) is 0 Å². The molecule has 4 aliphatic carbocycles. The highest BCUT2D eigenvalue weighted by Gasteiger charge is 2.67. The topological polar surface area (TPSA) is 85.0 Å². The van der Waals surface area contributed by atoms with Crippen LogP contribution in [0.25, 0.3) is 0 Å². The SMILES string of the molecule is C=C.C[C@H](CO)C/C=C1/CC2C(C)(CC3[C@@H]4CCC5CCCC[C@]5(C)C4CC[C@@]32C)O1.NC(=O)N1CCOCC1.[HH].[HH].[HH].[HH].[HH]. The van der Waals surface area contributed by atoms with Crippen molar-refractivity contribution in [2.75, 3.05) is 32.9 Å². The molecule has 0 bridgehead atoms. The molecule has 2 heterocycles. The molecule has 40 heavy (non-hydrogen) atoms. The number of allylic oxidation sites excluding steroid dienone is 2. The predicted molar refractivity (Wildman–Crippen MR) is 172 cm³/mol. The van der Waals surface area contributed by atoms with E-state index in [1.807, 2.05) is 0 Å². The second-order valence-corrected chi connectivity index (χ2v) is 14.5. The summed E-state index contributed by atoms with van der Waals surface area (Å²) in [5, 5.41) is 9.36. The first-order chi connectivity index (χ1) is 19.1. The highest BCUT2D eigenvalue weighted by molar-refractivity contribution is 5.72. The van der Waals surface area contributed by atoms with Gasteiger partial charge >= 0.3 is 6.03 Å². The van der Waals surface area contributed by atoms with Crippen molar-refractivity contribution in [3.05, 3.63) is 25.0 Å². The van der Waals surface area contributed by atoms with E-state index < -0.39 is 0 Å². The number of aliphatic hydroxyl groups is 1. The quantitative estimate of drug-likeness (QED) is 0.336. The van der Waals surface area contributed by atoms with Crippen LogP contribution in [0.4, 0.5) is 4.79 Å². The summed E-state index contributed by atoms with van der Waals surface area (Å²) in [7, 11) is 0. The van der Waals surface area contributed by atoms with Gasteiger partial charge in [0, 0.05) is 39.2 Å². The van der Waals surface area contributed by atoms with Gasteiger partial charge in [0.1, 0.15) is 5.60 Å². The maximum Gasteiger partial charge on any atom is 0.314 e. The van der Waals surface area contributed by atoms with Crippen LogP contribution in [0.2, 0.25) is 0 Å². The van der Waals surface area contributed by atoms with Crippen molar-refractivity contribution in [3.63, 3.8) is 0 Å². The molecule has 6 nitrogen and oxygen atoms in total. The number of hydrogen-bond donors (Lipinski definition) is 2. The van der Waals surface area contributed by atoms with Crippen LogP contribution >= 0.6 is 0 Å². The second-order valence-electron chi connectivity index (χ2n) is 14.5. The maximum atomic E-state index is 10.4. The third kappa shape index (κ3) is 5.86. The number of rotatable bonds is 3. The minimum absolute atomic E-state index is 0. The molecule has 5 unspecified atom stereocenters. The van der Waals surface area contributed by atoms with Gasteiger partial charge in [-0.05, 0) is 105 Å². The zero-order valence-corrected chi connectivity index (χ0v) is 26.0. The summed E-state index contributed by atoms with van der Waals surface area (Å²) < 4.78 is 11.7. The molecule has 0 aromatic carbocycles. The number of carbonyl (C=O) groups excluding carboxylic acids is 1. The lowest BCUT2D eigenvalue weighted by Gasteiger charge is -2.60. The number of nitrogens with zero attached hydrogens (tertiary/aromatic N) is 1. The number of carbonyl (C=O) groups is 1. The Kier molecular flexibility index (Phi) is 10.0. The summed E-state index contributed by atoms with van der Waals surface area (Å²) in [6, 6.07) is -0.349. The van der Waals surface area contributed by atoms with Crippen LogP contribution < -0.4 is 5.73 Å². The molecule has 2 amide bonds. The molecule has 0 aromatic heterocycles. The summed E-state index contributed by atoms with van der Waals surface area (Å²) in [6.07, 6.45) is 17.5. The summed E-state index contributed by atoms with van der Waals surface area (Å²) in [4.78, 5) is 12.0. The van der Waals surface area contributed by atoms with E-state index in [1.54, 1.807) is 4.90 Å². The fraction of sp³-hybridized carbons (Fsp3) is 0.853. The molecule has 3 N–H and O–H groups in total. The van der Waals surface area contributed by atoms with E-state index in [9.17, 15) is 9.90 Å². The molecule has 4 saturated carbocycles. The summed E-state index contributed by atoms with van der Waals surface area (Å²) in [6.45, 7) is 18.6. The Morgan fingerprint density at radius 3 is 2.48 bits per heavy atom. The molecule has 0 aromatic rings. The zero-order chi connectivity index (χ0) is 29.1. The van der Waals surface area contributed by atoms with E-state index in [4.69, 9.17) is 15.2 Å². The summed E-state index contributed by atoms with van der Waals surface area (Å²) in [5.41, 5.74) is 6.14. The Labute approximate surface area is 251 Å². The molecule has 2 aliphatic heterocycles. The number of hydrogen-bond acceptors (Lipinski definition) is 4. The zero-order valence-electron chi connectivity index (χ0n) is 26.0. The van der Waals surface area contributed by atoms with Gasteiger partial charge in [0.05, 0.1) is 19.0 Å². The molecule has 2 saturated heterocycles. The number of morpholine rings is 1. The van der Waals surface area contributed by atoms with E-state index in [1.165, 1.54) is 63.5 Å². The van der Waals surface area contributed by atoms with Gasteiger partial charge in [-0.2, -0.15) is 0 Å². The van der Waals surface area contributed by atoms with Gasteiger partial charge in [0.15, 0.2) is 0 Å². The minimum atomic E-state index is -0.349. The summed E-state index contributed by atoms with van der Waals surface area (Å²) in [5.74, 6) is 6.05. The Bertz CT molecular complexity index is 925. The van der Waals surface area contributed by atoms with Gasteiger partial charge in [0.2, 0.25) is 0 Å². The molecule has 6 fully saturated rings. The first-order valence-electron chi connectivity index (χ1n) is 16.2. The largest absolute Gasteiger partial charge is 0.492 e. The molecule has 6 heteroatoms. The number of amides is 2. The number of ether oxygens (including phenoxy) is 2. The Morgan fingerprint density at radius 1 is 1.10 bits per heavy atom. The van der Waals surface area contributed by atoms with Crippen LogP contribution in [-0.2, 0) is 9.47 Å². The standard InChI is InChI=1S/C27H44O2.C5H10N2O2.C2H4.5H2/c1-18(17-28)8-10-20-15-24-26(3)14-12-22-21(23(26)16-27(24,4)29-20)11-9-19-7-5-6-13-25(19,22)2;6-5(8)7-1-3-9-4-2-7;1-2;;;;;/h10,18-19,21-24,28H,5-9,11-17H2,1-4H3;1-4H2,(H2,6,8);1-2H2;5*1H/b20-10-;;;;;;;/t18-,19?,21+,22?,23?,24?,25-,26-,27?;;;;;;;/m0......./s1. The monoisotopic (exact) mass is 569 g/mol. The van der Waals surface area contributed by atoms with Crippen molar-refractivity contribution in [2.45, 2.75) is 104 Å². The number of aliphatic hydroxyl groups excluding tert-OH is 1. The normalized spacial score (nSPS) is 43.4. The summed E-state index contributed by atoms with van der Waals surface area (Å²) >= 11 is 0. The molecule has 9 atom stereocenters. The average Bonchev–Trinajstić information content (AvgIpc) is 3.42. The Balaban J connectivity index is 0. The van der Waals surface area contributed by atoms with E-state index >= 15 is 0 Å². The van der Waals surface area contributed by atoms with Crippen LogP contribution in [0.5, 0.6) is 0 Å². The highest BCUT2D eigenvalue weighted by Crippen LogP contribution is 2.71. The van der Waals surface area contributed by atoms with E-state index in [-0.39, 0.29) is 25.4 Å². The number of urea groups is 1. The third-order valence-electron chi connectivity index (χ3n) is 12.3. The molecule has 6 aliphatic rings. The van der Waals surface area contributed by atoms with Crippen LogP contribution in [-0.4, -0.2) is 54.5 Å². The Hall–Kier alpha value is -1.53. The van der Waals surface area contributed by atoms with Crippen molar-refractivity contribution < 1.29 is 26.5 Å². The van der Waals surface area contributed by atoms with Gasteiger partial charge in [-0.1, -0.05) is 33.6 Å². The lowest BCUT2D eigenvalue weighted by molar-refractivity contribution is -0.110. The van der Waals surface area contributed by atoms with E-state index in [0.717, 1.165) is 36.5 Å². The lowest BCUT2D eigenvalue weighted by atomic mass is 9.45. The first-order valence-corrected chi connectivity index (χ1v) is 16.2. The molecule has 6 rings (SSSR count). The first kappa shape index (κ1) is 31.4. The van der Waals surface area contributed by atoms with Crippen molar-refractivity contribution >= 4 is 6.03 Å². The molecular weight excluding hydrogens is 500 g/mol. The average molecular weight is 569 g/mol. The van der Waals surface area contributed by atoms with Crippen LogP contribution in [0.1, 0.15) is 105 Å². The minimum Gasteiger partial charge on any atom is -0.492 e. The van der Waals surface area contributed by atoms with Crippen molar-refractivity contribution in [1.82, 2.24) is 4.90 Å². The molecule has 0 spiro atoms. The maximum absolute atomic E-state index is 10.4. The van der Waals surface area contributed by atoms with Crippen molar-refractivity contribution in [1.29, 1.82) is 0 Å². The number of primary amides is 1. The second kappa shape index (κ2) is 12.8. The van der Waals surface area contributed by atoms with Gasteiger partial charge in [-0.15, -0.1) is 13.2 Å². The predicted octanol–water partition coefficient (Wildman–Crippen LogP) is 8.16. The number of nitrogens with two attached hydrogens (primary N) is 1. The van der Waals surface area contributed by atoms with Crippen LogP contribution in [0.3, 0.4) is 0 Å². The van der Waals surface area contributed by atoms with E-state index in [0.29, 0.717) is 49.0 Å². The lowest BCUT2D eigenvalue weighted by Crippen LogP contribution is -2.52. The third-order valence-corrected chi connectivity index (χ3v) is 12.3. The van der Waals surface area contributed by atoms with Crippen molar-refractivity contribution in [3.8, 4) is 0 Å². The molecule has 0 radical (unpaired) electrons. The van der Waals surface area contributed by atoms with Gasteiger partial charge < -0.3 is 25.2 Å². The smallest absolute Gasteiger partial charge is 0.314 e. The Morgan fingerprint density at radius 2 is 1.82 bits per heavy atom. The fourth-order valence-corrected chi connectivity index (χ4v) is 10.2. The molecular formula is C34H68N2O4.